The number of carbonyl (C=O) groups excluding carboxylic acids is 1. The molecule has 0 aliphatic carbocycles. The van der Waals surface area contributed by atoms with E-state index in [4.69, 9.17) is 4.74 Å². The lowest BCUT2D eigenvalue weighted by atomic mass is 10.1. The minimum absolute atomic E-state index is 0.00791. The van der Waals surface area contributed by atoms with Crippen LogP contribution in [0.2, 0.25) is 0 Å². The van der Waals surface area contributed by atoms with Crippen molar-refractivity contribution in [2.24, 2.45) is 0 Å². The topological polar surface area (TPSA) is 44.8 Å². The van der Waals surface area contributed by atoms with Crippen LogP contribution in [0.15, 0.2) is 48.5 Å². The number of piperazine rings is 1. The van der Waals surface area contributed by atoms with Gasteiger partial charge in [-0.2, -0.15) is 0 Å². The SMILES string of the molecule is COc1cccc(N2CCN(C(=O)NCc3ccccc3C)CC2)c1. The molecule has 1 saturated heterocycles. The maximum absolute atomic E-state index is 12.4. The number of hydrogen-bond donors (Lipinski definition) is 1. The Morgan fingerprint density at radius 1 is 1.08 bits per heavy atom. The van der Waals surface area contributed by atoms with E-state index in [1.54, 1.807) is 7.11 Å². The predicted molar refractivity (Wildman–Crippen MR) is 100 cm³/mol. The fourth-order valence-corrected chi connectivity index (χ4v) is 3.07. The molecular weight excluding hydrogens is 314 g/mol. The van der Waals surface area contributed by atoms with Gasteiger partial charge < -0.3 is 19.9 Å². The molecule has 2 aromatic carbocycles. The molecule has 0 unspecified atom stereocenters. The fraction of sp³-hybridized carbons (Fsp3) is 0.350. The lowest BCUT2D eigenvalue weighted by molar-refractivity contribution is 0.194. The number of methoxy groups -OCH3 is 1. The number of anilines is 1. The largest absolute Gasteiger partial charge is 0.497 e. The minimum Gasteiger partial charge on any atom is -0.497 e. The first-order valence-electron chi connectivity index (χ1n) is 8.63. The minimum atomic E-state index is 0.00791. The van der Waals surface area contributed by atoms with Crippen LogP contribution >= 0.6 is 0 Å². The van der Waals surface area contributed by atoms with E-state index >= 15 is 0 Å². The van der Waals surface area contributed by atoms with Crippen LogP contribution in [-0.2, 0) is 6.54 Å². The van der Waals surface area contributed by atoms with Crippen LogP contribution in [0.3, 0.4) is 0 Å². The van der Waals surface area contributed by atoms with E-state index in [1.807, 2.05) is 35.2 Å². The molecule has 0 radical (unpaired) electrons. The Morgan fingerprint density at radius 2 is 1.84 bits per heavy atom. The van der Waals surface area contributed by atoms with Crippen molar-refractivity contribution < 1.29 is 9.53 Å². The number of nitrogens with one attached hydrogen (secondary N) is 1. The van der Waals surface area contributed by atoms with Gasteiger partial charge in [0.1, 0.15) is 5.75 Å². The van der Waals surface area contributed by atoms with Crippen LogP contribution in [0, 0.1) is 6.92 Å². The molecule has 1 aliphatic rings. The van der Waals surface area contributed by atoms with E-state index < -0.39 is 0 Å². The number of hydrogen-bond acceptors (Lipinski definition) is 3. The van der Waals surface area contributed by atoms with Gasteiger partial charge in [-0.1, -0.05) is 30.3 Å². The number of nitrogens with zero attached hydrogens (tertiary/aromatic N) is 2. The van der Waals surface area contributed by atoms with Crippen molar-refractivity contribution in [3.8, 4) is 5.75 Å². The number of aryl methyl sites for hydroxylation is 1. The lowest BCUT2D eigenvalue weighted by Gasteiger charge is -2.36. The van der Waals surface area contributed by atoms with Crippen LogP contribution in [-0.4, -0.2) is 44.2 Å². The highest BCUT2D eigenvalue weighted by atomic mass is 16.5. The van der Waals surface area contributed by atoms with Crippen molar-refractivity contribution in [1.82, 2.24) is 10.2 Å². The Hall–Kier alpha value is -2.69. The van der Waals surface area contributed by atoms with Crippen molar-refractivity contribution in [3.05, 3.63) is 59.7 Å². The normalized spacial score (nSPS) is 14.3. The van der Waals surface area contributed by atoms with Crippen LogP contribution < -0.4 is 15.0 Å². The van der Waals surface area contributed by atoms with Gasteiger partial charge in [-0.15, -0.1) is 0 Å². The molecule has 1 aliphatic heterocycles. The zero-order valence-electron chi connectivity index (χ0n) is 14.9. The number of rotatable bonds is 4. The maximum atomic E-state index is 12.4. The Kier molecular flexibility index (Phi) is 5.43. The van der Waals surface area contributed by atoms with Crippen LogP contribution in [0.4, 0.5) is 10.5 Å². The number of carbonyl (C=O) groups is 1. The highest BCUT2D eigenvalue weighted by molar-refractivity contribution is 5.74. The van der Waals surface area contributed by atoms with Gasteiger partial charge >= 0.3 is 6.03 Å². The van der Waals surface area contributed by atoms with Gasteiger partial charge in [0.25, 0.3) is 0 Å². The highest BCUT2D eigenvalue weighted by Crippen LogP contribution is 2.22. The molecule has 0 aromatic heterocycles. The van der Waals surface area contributed by atoms with Gasteiger partial charge in [0.2, 0.25) is 0 Å². The summed E-state index contributed by atoms with van der Waals surface area (Å²) in [5, 5.41) is 3.03. The van der Waals surface area contributed by atoms with E-state index in [1.165, 1.54) is 5.56 Å². The van der Waals surface area contributed by atoms with Crippen LogP contribution in [0.1, 0.15) is 11.1 Å². The van der Waals surface area contributed by atoms with E-state index in [0.717, 1.165) is 43.2 Å². The van der Waals surface area contributed by atoms with Crippen molar-refractivity contribution in [1.29, 1.82) is 0 Å². The molecule has 0 bridgehead atoms. The number of benzene rings is 2. The van der Waals surface area contributed by atoms with Crippen LogP contribution in [0.25, 0.3) is 0 Å². The van der Waals surface area contributed by atoms with Gasteiger partial charge in [-0.3, -0.25) is 0 Å². The third kappa shape index (κ3) is 4.24. The molecule has 5 heteroatoms. The summed E-state index contributed by atoms with van der Waals surface area (Å²) in [5.41, 5.74) is 3.50. The molecule has 0 spiro atoms. The summed E-state index contributed by atoms with van der Waals surface area (Å²) in [6, 6.07) is 16.2. The molecule has 2 amide bonds. The Balaban J connectivity index is 1.51. The molecule has 1 N–H and O–H groups in total. The summed E-state index contributed by atoms with van der Waals surface area (Å²) in [7, 11) is 1.68. The van der Waals surface area contributed by atoms with Gasteiger partial charge in [0, 0.05) is 44.5 Å². The van der Waals surface area contributed by atoms with E-state index in [9.17, 15) is 4.79 Å². The van der Waals surface area contributed by atoms with Gasteiger partial charge in [0.15, 0.2) is 0 Å². The standard InChI is InChI=1S/C20H25N3O2/c1-16-6-3-4-7-17(16)15-21-20(24)23-12-10-22(11-13-23)18-8-5-9-19(14-18)25-2/h3-9,14H,10-13,15H2,1-2H3,(H,21,24). The number of urea groups is 1. The third-order valence-electron chi connectivity index (χ3n) is 4.68. The average Bonchev–Trinajstić information content (AvgIpc) is 2.67. The molecule has 132 valence electrons. The quantitative estimate of drug-likeness (QED) is 0.931. The van der Waals surface area contributed by atoms with Crippen molar-refractivity contribution >= 4 is 11.7 Å². The molecule has 5 nitrogen and oxygen atoms in total. The number of amides is 2. The van der Waals surface area contributed by atoms with Crippen molar-refractivity contribution in [2.45, 2.75) is 13.5 Å². The smallest absolute Gasteiger partial charge is 0.317 e. The second-order valence-electron chi connectivity index (χ2n) is 6.26. The fourth-order valence-electron chi connectivity index (χ4n) is 3.07. The van der Waals surface area contributed by atoms with Crippen molar-refractivity contribution in [3.63, 3.8) is 0 Å². The van der Waals surface area contributed by atoms with Gasteiger partial charge in [-0.05, 0) is 30.2 Å². The number of ether oxygens (including phenoxy) is 1. The molecule has 2 aromatic rings. The lowest BCUT2D eigenvalue weighted by Crippen LogP contribution is -2.51. The summed E-state index contributed by atoms with van der Waals surface area (Å²) in [5.74, 6) is 0.857. The predicted octanol–water partition coefficient (Wildman–Crippen LogP) is 3.04. The molecule has 3 rings (SSSR count). The maximum Gasteiger partial charge on any atom is 0.317 e. The van der Waals surface area contributed by atoms with Gasteiger partial charge in [0.05, 0.1) is 7.11 Å². The van der Waals surface area contributed by atoms with Crippen molar-refractivity contribution in [2.75, 3.05) is 38.2 Å². The first-order valence-corrected chi connectivity index (χ1v) is 8.63. The van der Waals surface area contributed by atoms with E-state index in [2.05, 4.69) is 35.3 Å². The first-order chi connectivity index (χ1) is 12.2. The van der Waals surface area contributed by atoms with Gasteiger partial charge in [-0.25, -0.2) is 4.79 Å². The first kappa shape index (κ1) is 17.1. The highest BCUT2D eigenvalue weighted by Gasteiger charge is 2.21. The summed E-state index contributed by atoms with van der Waals surface area (Å²) in [6.45, 7) is 5.72. The average molecular weight is 339 g/mol. The Labute approximate surface area is 149 Å². The zero-order chi connectivity index (χ0) is 17.6. The second kappa shape index (κ2) is 7.92. The summed E-state index contributed by atoms with van der Waals surface area (Å²) in [4.78, 5) is 16.6. The molecule has 1 fully saturated rings. The summed E-state index contributed by atoms with van der Waals surface area (Å²) in [6.07, 6.45) is 0. The summed E-state index contributed by atoms with van der Waals surface area (Å²) >= 11 is 0. The monoisotopic (exact) mass is 339 g/mol. The van der Waals surface area contributed by atoms with E-state index in [-0.39, 0.29) is 6.03 Å². The second-order valence-corrected chi connectivity index (χ2v) is 6.26. The molecule has 25 heavy (non-hydrogen) atoms. The molecule has 0 saturated carbocycles. The Bertz CT molecular complexity index is 724. The zero-order valence-corrected chi connectivity index (χ0v) is 14.9. The Morgan fingerprint density at radius 3 is 2.56 bits per heavy atom. The molecular formula is C20H25N3O2. The molecule has 0 atom stereocenters. The molecule has 1 heterocycles. The third-order valence-corrected chi connectivity index (χ3v) is 4.68. The van der Waals surface area contributed by atoms with Crippen LogP contribution in [0.5, 0.6) is 5.75 Å². The summed E-state index contributed by atoms with van der Waals surface area (Å²) < 4.78 is 5.29. The van der Waals surface area contributed by atoms with E-state index in [0.29, 0.717) is 6.54 Å².